The van der Waals surface area contributed by atoms with Crippen molar-refractivity contribution in [3.63, 3.8) is 0 Å². The Morgan fingerprint density at radius 2 is 2.40 bits per heavy atom. The number of hydrogen-bond acceptors (Lipinski definition) is 4. The molecule has 1 aliphatic heterocycles. The maximum atomic E-state index is 6.02. The van der Waals surface area contributed by atoms with Gasteiger partial charge in [0.2, 0.25) is 0 Å². The fourth-order valence-electron chi connectivity index (χ4n) is 1.55. The van der Waals surface area contributed by atoms with Crippen LogP contribution in [0, 0.1) is 0 Å². The van der Waals surface area contributed by atoms with E-state index in [1.165, 1.54) is 0 Å². The summed E-state index contributed by atoms with van der Waals surface area (Å²) in [7, 11) is 1.59. The first-order valence-corrected chi connectivity index (χ1v) is 4.98. The molecule has 1 atom stereocenters. The number of methoxy groups -OCH3 is 1. The normalized spacial score (nSPS) is 19.6. The molecule has 0 saturated heterocycles. The molecule has 3 N–H and O–H groups in total. The van der Waals surface area contributed by atoms with E-state index in [0.717, 1.165) is 5.56 Å². The minimum Gasteiger partial charge on any atom is -0.495 e. The Bertz CT molecular complexity index is 406. The summed E-state index contributed by atoms with van der Waals surface area (Å²) in [6.45, 7) is 0.647. The molecule has 0 aliphatic carbocycles. The lowest BCUT2D eigenvalue weighted by Crippen LogP contribution is -2.29. The summed E-state index contributed by atoms with van der Waals surface area (Å²) in [5.74, 6) is 1.15. The van der Waals surface area contributed by atoms with Crippen LogP contribution in [0.2, 0.25) is 5.02 Å². The second kappa shape index (κ2) is 3.98. The Morgan fingerprint density at radius 3 is 2.93 bits per heavy atom. The number of aliphatic imine (C=N–C) groups is 1. The van der Waals surface area contributed by atoms with E-state index < -0.39 is 0 Å². The molecule has 1 unspecified atom stereocenters. The number of nitrogens with one attached hydrogen (secondary N) is 1. The van der Waals surface area contributed by atoms with E-state index in [0.29, 0.717) is 23.3 Å². The van der Waals surface area contributed by atoms with Gasteiger partial charge in [0, 0.05) is 0 Å². The molecule has 0 radical (unpaired) electrons. The Morgan fingerprint density at radius 1 is 1.60 bits per heavy atom. The molecule has 1 heterocycles. The predicted octanol–water partition coefficient (Wildman–Crippen LogP) is 1.31. The molecule has 4 nitrogen and oxygen atoms in total. The van der Waals surface area contributed by atoms with Crippen LogP contribution in [0.25, 0.3) is 0 Å². The monoisotopic (exact) mass is 225 g/mol. The zero-order valence-electron chi connectivity index (χ0n) is 8.33. The third-order valence-corrected chi connectivity index (χ3v) is 2.64. The van der Waals surface area contributed by atoms with Crippen LogP contribution in [0.5, 0.6) is 5.75 Å². The van der Waals surface area contributed by atoms with E-state index in [2.05, 4.69) is 10.3 Å². The average molecular weight is 226 g/mol. The fraction of sp³-hybridized carbons (Fsp3) is 0.300. The summed E-state index contributed by atoms with van der Waals surface area (Å²) < 4.78 is 5.08. The second-order valence-corrected chi connectivity index (χ2v) is 3.72. The van der Waals surface area contributed by atoms with Crippen molar-refractivity contribution in [3.05, 3.63) is 28.8 Å². The lowest BCUT2D eigenvalue weighted by Gasteiger charge is -2.12. The quantitative estimate of drug-likeness (QED) is 0.798. The first kappa shape index (κ1) is 10.1. The first-order chi connectivity index (χ1) is 7.20. The van der Waals surface area contributed by atoms with Crippen molar-refractivity contribution < 1.29 is 4.74 Å². The standard InChI is InChI=1S/C10H12ClN3O/c1-15-9-3-2-6(4-7(9)11)8-5-13-10(12)14-8/h2-4,8H,5H2,1H3,(H3,12,13,14). The number of halogens is 1. The largest absolute Gasteiger partial charge is 0.495 e. The summed E-state index contributed by atoms with van der Waals surface area (Å²) in [6, 6.07) is 5.78. The number of guanidine groups is 1. The maximum absolute atomic E-state index is 6.02. The number of nitrogens with zero attached hydrogens (tertiary/aromatic N) is 1. The van der Waals surface area contributed by atoms with Crippen LogP contribution >= 0.6 is 11.6 Å². The van der Waals surface area contributed by atoms with Crippen LogP contribution in [0.1, 0.15) is 11.6 Å². The van der Waals surface area contributed by atoms with Gasteiger partial charge in [-0.2, -0.15) is 0 Å². The van der Waals surface area contributed by atoms with Gasteiger partial charge in [-0.1, -0.05) is 17.7 Å². The molecule has 2 rings (SSSR count). The zero-order chi connectivity index (χ0) is 10.8. The molecule has 1 aromatic rings. The SMILES string of the molecule is COc1ccc(C2CN=C(N)N2)cc1Cl. The van der Waals surface area contributed by atoms with Gasteiger partial charge in [0.1, 0.15) is 5.75 Å². The van der Waals surface area contributed by atoms with Crippen LogP contribution < -0.4 is 15.8 Å². The summed E-state index contributed by atoms with van der Waals surface area (Å²) in [5.41, 5.74) is 6.60. The Labute approximate surface area is 93.1 Å². The van der Waals surface area contributed by atoms with Gasteiger partial charge in [0.05, 0.1) is 24.7 Å². The highest BCUT2D eigenvalue weighted by atomic mass is 35.5. The highest BCUT2D eigenvalue weighted by molar-refractivity contribution is 6.32. The van der Waals surface area contributed by atoms with Crippen molar-refractivity contribution in [3.8, 4) is 5.75 Å². The van der Waals surface area contributed by atoms with Crippen molar-refractivity contribution in [2.45, 2.75) is 6.04 Å². The van der Waals surface area contributed by atoms with E-state index in [1.807, 2.05) is 18.2 Å². The third-order valence-electron chi connectivity index (χ3n) is 2.34. The maximum Gasteiger partial charge on any atom is 0.189 e. The lowest BCUT2D eigenvalue weighted by atomic mass is 10.1. The smallest absolute Gasteiger partial charge is 0.189 e. The number of ether oxygens (including phenoxy) is 1. The Kier molecular flexibility index (Phi) is 2.68. The van der Waals surface area contributed by atoms with Crippen molar-refractivity contribution >= 4 is 17.6 Å². The zero-order valence-corrected chi connectivity index (χ0v) is 9.08. The highest BCUT2D eigenvalue weighted by Crippen LogP contribution is 2.28. The molecule has 80 valence electrons. The number of benzene rings is 1. The molecule has 0 amide bonds. The molecule has 1 aromatic carbocycles. The van der Waals surface area contributed by atoms with Gasteiger partial charge in [-0.15, -0.1) is 0 Å². The molecule has 0 saturated carbocycles. The number of nitrogens with two attached hydrogens (primary N) is 1. The van der Waals surface area contributed by atoms with Gasteiger partial charge in [0.25, 0.3) is 0 Å². The summed E-state index contributed by atoms with van der Waals surface area (Å²) in [4.78, 5) is 4.08. The minimum atomic E-state index is 0.119. The van der Waals surface area contributed by atoms with Crippen molar-refractivity contribution in [2.75, 3.05) is 13.7 Å². The molecule has 0 bridgehead atoms. The fourth-order valence-corrected chi connectivity index (χ4v) is 1.81. The van der Waals surface area contributed by atoms with Crippen LogP contribution in [0.3, 0.4) is 0 Å². The Hall–Kier alpha value is -1.42. The molecule has 15 heavy (non-hydrogen) atoms. The van der Waals surface area contributed by atoms with E-state index in [9.17, 15) is 0 Å². The molecule has 1 aliphatic rings. The van der Waals surface area contributed by atoms with Crippen LogP contribution in [-0.4, -0.2) is 19.6 Å². The summed E-state index contributed by atoms with van der Waals surface area (Å²) >= 11 is 6.02. The summed E-state index contributed by atoms with van der Waals surface area (Å²) in [5, 5.41) is 3.66. The molecule has 5 heteroatoms. The Balaban J connectivity index is 2.20. The van der Waals surface area contributed by atoms with Gasteiger partial charge in [0.15, 0.2) is 5.96 Å². The van der Waals surface area contributed by atoms with Crippen molar-refractivity contribution in [1.82, 2.24) is 5.32 Å². The minimum absolute atomic E-state index is 0.119. The second-order valence-electron chi connectivity index (χ2n) is 3.32. The van der Waals surface area contributed by atoms with E-state index in [1.54, 1.807) is 7.11 Å². The topological polar surface area (TPSA) is 59.6 Å². The molecular weight excluding hydrogens is 214 g/mol. The number of hydrogen-bond donors (Lipinski definition) is 2. The van der Waals surface area contributed by atoms with Gasteiger partial charge in [-0.3, -0.25) is 4.99 Å². The van der Waals surface area contributed by atoms with Crippen LogP contribution in [0.4, 0.5) is 0 Å². The van der Waals surface area contributed by atoms with Gasteiger partial charge >= 0.3 is 0 Å². The molecule has 0 aromatic heterocycles. The third kappa shape index (κ3) is 1.99. The average Bonchev–Trinajstić information content (AvgIpc) is 2.65. The van der Waals surface area contributed by atoms with Crippen LogP contribution in [0.15, 0.2) is 23.2 Å². The first-order valence-electron chi connectivity index (χ1n) is 4.60. The van der Waals surface area contributed by atoms with Crippen molar-refractivity contribution in [1.29, 1.82) is 0 Å². The van der Waals surface area contributed by atoms with Gasteiger partial charge in [-0.05, 0) is 17.7 Å². The van der Waals surface area contributed by atoms with Crippen molar-refractivity contribution in [2.24, 2.45) is 10.7 Å². The lowest BCUT2D eigenvalue weighted by molar-refractivity contribution is 0.414. The van der Waals surface area contributed by atoms with Crippen LogP contribution in [-0.2, 0) is 0 Å². The molecule has 0 fully saturated rings. The van der Waals surface area contributed by atoms with E-state index in [-0.39, 0.29) is 6.04 Å². The van der Waals surface area contributed by atoms with Gasteiger partial charge in [-0.25, -0.2) is 0 Å². The molecule has 0 spiro atoms. The van der Waals surface area contributed by atoms with E-state index in [4.69, 9.17) is 22.1 Å². The number of rotatable bonds is 2. The predicted molar refractivity (Wildman–Crippen MR) is 60.4 cm³/mol. The highest BCUT2D eigenvalue weighted by Gasteiger charge is 2.17. The van der Waals surface area contributed by atoms with Gasteiger partial charge < -0.3 is 15.8 Å². The summed E-state index contributed by atoms with van der Waals surface area (Å²) in [6.07, 6.45) is 0. The molecular formula is C10H12ClN3O. The van der Waals surface area contributed by atoms with E-state index >= 15 is 0 Å².